The number of anilines is 1. The Balaban J connectivity index is 2.33. The number of amides is 1. The number of nitrogens with zero attached hydrogens (tertiary/aromatic N) is 2. The van der Waals surface area contributed by atoms with Crippen molar-refractivity contribution in [3.63, 3.8) is 0 Å². The van der Waals surface area contributed by atoms with Crippen LogP contribution in [0, 0.1) is 5.82 Å². The van der Waals surface area contributed by atoms with E-state index in [1.165, 1.54) is 17.0 Å². The summed E-state index contributed by atoms with van der Waals surface area (Å²) in [5.74, 6) is -1.15. The summed E-state index contributed by atoms with van der Waals surface area (Å²) in [4.78, 5) is 16.1. The second kappa shape index (κ2) is 7.17. The van der Waals surface area contributed by atoms with Gasteiger partial charge in [0.15, 0.2) is 0 Å². The number of benzene rings is 1. The van der Waals surface area contributed by atoms with E-state index in [4.69, 9.17) is 15.0 Å². The Morgan fingerprint density at radius 3 is 2.15 bits per heavy atom. The first kappa shape index (κ1) is 20.7. The van der Waals surface area contributed by atoms with Gasteiger partial charge in [-0.3, -0.25) is 4.79 Å². The van der Waals surface area contributed by atoms with Gasteiger partial charge in [0.05, 0.1) is 16.8 Å². The van der Waals surface area contributed by atoms with Crippen LogP contribution in [0.4, 0.5) is 10.1 Å². The zero-order valence-corrected chi connectivity index (χ0v) is 16.7. The fourth-order valence-corrected chi connectivity index (χ4v) is 2.62. The molecule has 0 spiro atoms. The number of nitrogens with two attached hydrogens (primary N) is 1. The van der Waals surface area contributed by atoms with Gasteiger partial charge in [-0.1, -0.05) is 6.07 Å². The lowest BCUT2D eigenvalue weighted by molar-refractivity contribution is 0.00578. The molecule has 1 amide bonds. The molecule has 8 heteroatoms. The van der Waals surface area contributed by atoms with Crippen molar-refractivity contribution >= 4 is 24.2 Å². The van der Waals surface area contributed by atoms with Gasteiger partial charge in [-0.2, -0.15) is 0 Å². The van der Waals surface area contributed by atoms with Crippen molar-refractivity contribution in [3.8, 4) is 0 Å². The summed E-state index contributed by atoms with van der Waals surface area (Å²) in [7, 11) is 4.56. The highest BCUT2D eigenvalue weighted by atomic mass is 19.1. The quantitative estimate of drug-likeness (QED) is 0.630. The predicted molar refractivity (Wildman–Crippen MR) is 102 cm³/mol. The van der Waals surface area contributed by atoms with Gasteiger partial charge < -0.3 is 24.8 Å². The Morgan fingerprint density at radius 2 is 1.65 bits per heavy atom. The van der Waals surface area contributed by atoms with Crippen LogP contribution in [-0.4, -0.2) is 68.3 Å². The molecule has 0 aromatic heterocycles. The number of halogens is 1. The van der Waals surface area contributed by atoms with E-state index >= 15 is 4.39 Å². The van der Waals surface area contributed by atoms with Crippen LogP contribution in [0.1, 0.15) is 38.1 Å². The molecule has 0 unspecified atom stereocenters. The summed E-state index contributed by atoms with van der Waals surface area (Å²) in [5, 5.41) is 0. The molecule has 1 saturated heterocycles. The van der Waals surface area contributed by atoms with Gasteiger partial charge in [0.25, 0.3) is 5.91 Å². The number of nitrogen functional groups attached to an aromatic ring is 1. The van der Waals surface area contributed by atoms with Crippen molar-refractivity contribution in [2.24, 2.45) is 0 Å². The minimum Gasteiger partial charge on any atom is -0.399 e. The third-order valence-electron chi connectivity index (χ3n) is 5.15. The molecule has 0 aliphatic carbocycles. The second-order valence-electron chi connectivity index (χ2n) is 8.05. The monoisotopic (exact) mass is 365 g/mol. The molecule has 26 heavy (non-hydrogen) atoms. The van der Waals surface area contributed by atoms with Crippen molar-refractivity contribution in [2.45, 2.75) is 38.9 Å². The summed E-state index contributed by atoms with van der Waals surface area (Å²) < 4.78 is 27.0. The van der Waals surface area contributed by atoms with E-state index in [1.54, 1.807) is 7.05 Å². The molecular weight excluding hydrogens is 336 g/mol. The van der Waals surface area contributed by atoms with E-state index in [-0.39, 0.29) is 16.7 Å². The molecule has 1 fully saturated rings. The maximum absolute atomic E-state index is 15.2. The van der Waals surface area contributed by atoms with Crippen molar-refractivity contribution in [2.75, 3.05) is 40.0 Å². The topological polar surface area (TPSA) is 68.0 Å². The van der Waals surface area contributed by atoms with Crippen molar-refractivity contribution in [3.05, 3.63) is 23.5 Å². The Hall–Kier alpha value is -1.64. The van der Waals surface area contributed by atoms with E-state index < -0.39 is 30.0 Å². The number of carbonyl (C=O) groups is 1. The van der Waals surface area contributed by atoms with Crippen LogP contribution in [0.5, 0.6) is 0 Å². The lowest BCUT2D eigenvalue weighted by atomic mass is 9.77. The fraction of sp³-hybridized carbons (Fsp3) is 0.611. The smallest absolute Gasteiger partial charge is 0.399 e. The summed E-state index contributed by atoms with van der Waals surface area (Å²) in [6.07, 6.45) is 0. The number of hydrogen-bond acceptors (Lipinski definition) is 5. The molecule has 6 nitrogen and oxygen atoms in total. The largest absolute Gasteiger partial charge is 0.497 e. The normalized spacial score (nSPS) is 18.4. The van der Waals surface area contributed by atoms with E-state index in [2.05, 4.69) is 0 Å². The lowest BCUT2D eigenvalue weighted by Crippen LogP contribution is -2.41. The number of hydrogen-bond donors (Lipinski definition) is 1. The van der Waals surface area contributed by atoms with Crippen LogP contribution in [0.2, 0.25) is 0 Å². The SMILES string of the molecule is CN(C)CCN(C)C(=O)c1c(N)ccc(B2OC(C)(C)C(C)(C)O2)c1F. The van der Waals surface area contributed by atoms with Crippen LogP contribution in [0.15, 0.2) is 12.1 Å². The minimum atomic E-state index is -0.890. The van der Waals surface area contributed by atoms with Crippen molar-refractivity contribution < 1.29 is 18.5 Å². The second-order valence-corrected chi connectivity index (χ2v) is 8.05. The fourth-order valence-electron chi connectivity index (χ4n) is 2.62. The highest BCUT2D eigenvalue weighted by molar-refractivity contribution is 6.62. The van der Waals surface area contributed by atoms with Gasteiger partial charge in [-0.15, -0.1) is 0 Å². The number of rotatable bonds is 5. The summed E-state index contributed by atoms with van der Waals surface area (Å²) in [6.45, 7) is 8.70. The zero-order valence-electron chi connectivity index (χ0n) is 16.7. The van der Waals surface area contributed by atoms with Gasteiger partial charge in [-0.25, -0.2) is 4.39 Å². The van der Waals surface area contributed by atoms with Crippen molar-refractivity contribution in [1.82, 2.24) is 9.80 Å². The minimum absolute atomic E-state index is 0.101. The van der Waals surface area contributed by atoms with Gasteiger partial charge in [0, 0.05) is 31.3 Å². The third-order valence-corrected chi connectivity index (χ3v) is 5.15. The molecule has 144 valence electrons. The van der Waals surface area contributed by atoms with Gasteiger partial charge in [-0.05, 0) is 47.9 Å². The number of carbonyl (C=O) groups excluding carboxylic acids is 1. The van der Waals surface area contributed by atoms with E-state index in [0.29, 0.717) is 13.1 Å². The Kier molecular flexibility index (Phi) is 5.70. The van der Waals surface area contributed by atoms with Gasteiger partial charge >= 0.3 is 7.12 Å². The average Bonchev–Trinajstić information content (AvgIpc) is 2.72. The molecule has 1 heterocycles. The highest BCUT2D eigenvalue weighted by Crippen LogP contribution is 2.37. The van der Waals surface area contributed by atoms with Crippen LogP contribution in [0.3, 0.4) is 0 Å². The molecule has 1 aromatic rings. The molecule has 2 N–H and O–H groups in total. The molecule has 0 bridgehead atoms. The molecular formula is C18H29BFN3O3. The molecule has 0 atom stereocenters. The van der Waals surface area contributed by atoms with Crippen LogP contribution >= 0.6 is 0 Å². The van der Waals surface area contributed by atoms with Crippen LogP contribution in [0.25, 0.3) is 0 Å². The van der Waals surface area contributed by atoms with Crippen molar-refractivity contribution in [1.29, 1.82) is 0 Å². The molecule has 1 aliphatic rings. The first-order chi connectivity index (χ1) is 11.9. The summed E-state index contributed by atoms with van der Waals surface area (Å²) >= 11 is 0. The lowest BCUT2D eigenvalue weighted by Gasteiger charge is -2.32. The number of likely N-dealkylation sites (N-methyl/N-ethyl adjacent to an activating group) is 2. The molecule has 1 aliphatic heterocycles. The molecule has 1 aromatic carbocycles. The molecule has 0 radical (unpaired) electrons. The maximum atomic E-state index is 15.2. The average molecular weight is 365 g/mol. The molecule has 0 saturated carbocycles. The van der Waals surface area contributed by atoms with Crippen LogP contribution < -0.4 is 11.2 Å². The first-order valence-corrected chi connectivity index (χ1v) is 8.71. The maximum Gasteiger partial charge on any atom is 0.497 e. The van der Waals surface area contributed by atoms with E-state index in [9.17, 15) is 4.79 Å². The standard InChI is InChI=1S/C18H29BFN3O3/c1-17(2)18(3,4)26-19(25-17)12-8-9-13(21)14(15(12)20)16(24)23(7)11-10-22(5)6/h8-9H,10-11,21H2,1-7H3. The van der Waals surface area contributed by atoms with Crippen LogP contribution in [-0.2, 0) is 9.31 Å². The zero-order chi connectivity index (χ0) is 19.9. The molecule has 2 rings (SSSR count). The predicted octanol–water partition coefficient (Wildman–Crippen LogP) is 1.34. The van der Waals surface area contributed by atoms with E-state index in [1.807, 2.05) is 46.7 Å². The van der Waals surface area contributed by atoms with E-state index in [0.717, 1.165) is 0 Å². The first-order valence-electron chi connectivity index (χ1n) is 8.71. The summed E-state index contributed by atoms with van der Waals surface area (Å²) in [5.41, 5.74) is 4.86. The summed E-state index contributed by atoms with van der Waals surface area (Å²) in [6, 6.07) is 3.04. The Bertz CT molecular complexity index is 679. The highest BCUT2D eigenvalue weighted by Gasteiger charge is 2.52. The third kappa shape index (κ3) is 3.87. The Labute approximate surface area is 155 Å². The van der Waals surface area contributed by atoms with Gasteiger partial charge in [0.1, 0.15) is 5.82 Å². The Morgan fingerprint density at radius 1 is 1.12 bits per heavy atom. The van der Waals surface area contributed by atoms with Gasteiger partial charge in [0.2, 0.25) is 0 Å².